The van der Waals surface area contributed by atoms with Crippen LogP contribution in [0.2, 0.25) is 0 Å². The molecule has 30 heavy (non-hydrogen) atoms. The topological polar surface area (TPSA) is 102 Å². The number of piperazine rings is 1. The first-order valence-electron chi connectivity index (χ1n) is 10.2. The first kappa shape index (κ1) is 20.4. The van der Waals surface area contributed by atoms with Gasteiger partial charge in [0.1, 0.15) is 0 Å². The van der Waals surface area contributed by atoms with E-state index in [1.54, 1.807) is 4.90 Å². The summed E-state index contributed by atoms with van der Waals surface area (Å²) in [7, 11) is 0. The molecule has 1 amide bonds. The van der Waals surface area contributed by atoms with E-state index in [2.05, 4.69) is 40.0 Å². The van der Waals surface area contributed by atoms with Gasteiger partial charge < -0.3 is 20.0 Å². The maximum atomic E-state index is 12.6. The molecular weight excluding hydrogens is 386 g/mol. The lowest BCUT2D eigenvalue weighted by Crippen LogP contribution is -2.49. The Labute approximate surface area is 175 Å². The first-order chi connectivity index (χ1) is 14.4. The highest BCUT2D eigenvalue weighted by Gasteiger charge is 2.26. The van der Waals surface area contributed by atoms with Crippen LogP contribution in [0.25, 0.3) is 0 Å². The smallest absolute Gasteiger partial charge is 0.356 e. The van der Waals surface area contributed by atoms with Gasteiger partial charge in [-0.05, 0) is 36.6 Å². The van der Waals surface area contributed by atoms with Crippen LogP contribution in [0.15, 0.2) is 30.5 Å². The summed E-state index contributed by atoms with van der Waals surface area (Å²) < 4.78 is 1.09. The molecule has 0 spiro atoms. The second-order valence-corrected chi connectivity index (χ2v) is 8.02. The van der Waals surface area contributed by atoms with Crippen LogP contribution in [0.1, 0.15) is 28.0 Å². The summed E-state index contributed by atoms with van der Waals surface area (Å²) >= 11 is 0. The van der Waals surface area contributed by atoms with E-state index in [-0.39, 0.29) is 17.8 Å². The fourth-order valence-electron chi connectivity index (χ4n) is 4.09. The zero-order chi connectivity index (χ0) is 21.3. The van der Waals surface area contributed by atoms with E-state index < -0.39 is 5.97 Å². The molecule has 9 heteroatoms. The van der Waals surface area contributed by atoms with Gasteiger partial charge in [-0.15, -0.1) is 0 Å². The number of aryl methyl sites for hydroxylation is 1. The lowest BCUT2D eigenvalue weighted by Gasteiger charge is -2.35. The molecule has 3 heterocycles. The summed E-state index contributed by atoms with van der Waals surface area (Å²) in [6, 6.07) is 7.48. The second-order valence-electron chi connectivity index (χ2n) is 8.02. The van der Waals surface area contributed by atoms with Crippen molar-refractivity contribution in [3.8, 4) is 0 Å². The van der Waals surface area contributed by atoms with Gasteiger partial charge in [0.2, 0.25) is 0 Å². The zero-order valence-electron chi connectivity index (χ0n) is 17.1. The molecule has 2 aliphatic heterocycles. The van der Waals surface area contributed by atoms with E-state index >= 15 is 0 Å². The largest absolute Gasteiger partial charge is 0.476 e. The molecule has 2 aromatic rings. The molecule has 9 nitrogen and oxygen atoms in total. The summed E-state index contributed by atoms with van der Waals surface area (Å²) in [6.07, 6.45) is 1.92. The summed E-state index contributed by atoms with van der Waals surface area (Å²) in [5, 5.41) is 22.7. The van der Waals surface area contributed by atoms with Crippen molar-refractivity contribution in [3.63, 3.8) is 0 Å². The molecule has 2 N–H and O–H groups in total. The molecule has 0 saturated carbocycles. The monoisotopic (exact) mass is 413 g/mol. The van der Waals surface area contributed by atoms with E-state index in [1.165, 1.54) is 29.1 Å². The van der Waals surface area contributed by atoms with Gasteiger partial charge in [0, 0.05) is 57.7 Å². The number of benzene rings is 1. The highest BCUT2D eigenvalue weighted by Crippen LogP contribution is 2.27. The van der Waals surface area contributed by atoms with Gasteiger partial charge in [0.05, 0.1) is 6.10 Å². The van der Waals surface area contributed by atoms with E-state index in [4.69, 9.17) is 5.11 Å². The van der Waals surface area contributed by atoms with Crippen LogP contribution >= 0.6 is 0 Å². The van der Waals surface area contributed by atoms with E-state index in [0.717, 1.165) is 37.3 Å². The van der Waals surface area contributed by atoms with Gasteiger partial charge in [0.15, 0.2) is 5.69 Å². The quantitative estimate of drug-likeness (QED) is 0.778. The van der Waals surface area contributed by atoms with Crippen LogP contribution in [0, 0.1) is 6.92 Å². The number of aliphatic hydroxyl groups is 1. The second kappa shape index (κ2) is 8.45. The highest BCUT2D eigenvalue weighted by atomic mass is 16.4. The van der Waals surface area contributed by atoms with Crippen molar-refractivity contribution in [1.82, 2.24) is 19.6 Å². The molecule has 4 rings (SSSR count). The van der Waals surface area contributed by atoms with Gasteiger partial charge in [0.25, 0.3) is 0 Å². The van der Waals surface area contributed by atoms with Crippen LogP contribution in [0.4, 0.5) is 10.5 Å². The number of amides is 1. The number of carbonyl (C=O) groups excluding carboxylic acids is 1. The Kier molecular flexibility index (Phi) is 5.74. The maximum Gasteiger partial charge on any atom is 0.356 e. The molecule has 1 aromatic carbocycles. The number of hydrogen-bond donors (Lipinski definition) is 2. The van der Waals surface area contributed by atoms with Crippen LogP contribution < -0.4 is 4.90 Å². The molecule has 0 radical (unpaired) electrons. The Morgan fingerprint density at radius 1 is 1.13 bits per heavy atom. The number of carbonyl (C=O) groups is 2. The molecule has 0 aliphatic carbocycles. The summed E-state index contributed by atoms with van der Waals surface area (Å²) in [4.78, 5) is 29.8. The number of aromatic nitrogens is 2. The lowest BCUT2D eigenvalue weighted by atomic mass is 10.1. The Bertz CT molecular complexity index is 935. The molecule has 1 atom stereocenters. The standard InChI is InChI=1S/C21H27N5O4/c1-15-2-3-16(19(12-15)25-6-4-17(27)14-25)13-23-8-10-24(11-9-23)21(30)26-7-5-18(22-26)20(28)29/h2-3,5,7,12,17,27H,4,6,8-11,13-14H2,1H3,(H,28,29)/t17-/m0/s1. The van der Waals surface area contributed by atoms with Gasteiger partial charge >= 0.3 is 12.0 Å². The third-order valence-corrected chi connectivity index (χ3v) is 5.79. The average Bonchev–Trinajstić information content (AvgIpc) is 3.39. The van der Waals surface area contributed by atoms with Crippen molar-refractivity contribution in [2.24, 2.45) is 0 Å². The summed E-state index contributed by atoms with van der Waals surface area (Å²) in [5.74, 6) is -1.15. The normalized spacial score (nSPS) is 20.0. The summed E-state index contributed by atoms with van der Waals surface area (Å²) in [6.45, 7) is 6.98. The predicted octanol–water partition coefficient (Wildman–Crippen LogP) is 1.25. The number of aliphatic hydroxyl groups excluding tert-OH is 1. The molecule has 0 bridgehead atoms. The van der Waals surface area contributed by atoms with Gasteiger partial charge in [-0.3, -0.25) is 4.90 Å². The number of aromatic carboxylic acids is 1. The van der Waals surface area contributed by atoms with Gasteiger partial charge in [-0.25, -0.2) is 9.59 Å². The minimum atomic E-state index is -1.15. The van der Waals surface area contributed by atoms with E-state index in [0.29, 0.717) is 19.6 Å². The predicted molar refractivity (Wildman–Crippen MR) is 111 cm³/mol. The van der Waals surface area contributed by atoms with Crippen molar-refractivity contribution in [3.05, 3.63) is 47.3 Å². The van der Waals surface area contributed by atoms with Gasteiger partial charge in [-0.2, -0.15) is 9.78 Å². The minimum absolute atomic E-state index is 0.138. The molecule has 1 aromatic heterocycles. The number of carboxylic acid groups (broad SMARTS) is 1. The maximum absolute atomic E-state index is 12.6. The molecule has 0 unspecified atom stereocenters. The van der Waals surface area contributed by atoms with Crippen LogP contribution in [-0.2, 0) is 6.54 Å². The third-order valence-electron chi connectivity index (χ3n) is 5.79. The van der Waals surface area contributed by atoms with Crippen LogP contribution in [0.3, 0.4) is 0 Å². The number of nitrogens with zero attached hydrogens (tertiary/aromatic N) is 5. The Hall–Kier alpha value is -2.91. The van der Waals surface area contributed by atoms with Crippen molar-refractivity contribution in [2.45, 2.75) is 26.0 Å². The summed E-state index contributed by atoms with van der Waals surface area (Å²) in [5.41, 5.74) is 3.47. The Morgan fingerprint density at radius 2 is 1.90 bits per heavy atom. The highest BCUT2D eigenvalue weighted by molar-refractivity contribution is 5.86. The fourth-order valence-corrected chi connectivity index (χ4v) is 4.09. The van der Waals surface area contributed by atoms with Crippen molar-refractivity contribution >= 4 is 17.7 Å². The molecule has 2 saturated heterocycles. The fraction of sp³-hybridized carbons (Fsp3) is 0.476. The number of anilines is 1. The Morgan fingerprint density at radius 3 is 2.53 bits per heavy atom. The zero-order valence-corrected chi connectivity index (χ0v) is 17.1. The van der Waals surface area contributed by atoms with Gasteiger partial charge in [-0.1, -0.05) is 12.1 Å². The average molecular weight is 413 g/mol. The minimum Gasteiger partial charge on any atom is -0.476 e. The number of hydrogen-bond acceptors (Lipinski definition) is 6. The Balaban J connectivity index is 1.38. The SMILES string of the molecule is Cc1ccc(CN2CCN(C(=O)n3ccc(C(=O)O)n3)CC2)c(N2CC[C@H](O)C2)c1. The first-order valence-corrected chi connectivity index (χ1v) is 10.2. The number of β-amino-alcohol motifs (C(OH)–C–C–N with tert-alkyl or cyclic N) is 1. The van der Waals surface area contributed by atoms with E-state index in [1.807, 2.05) is 0 Å². The van der Waals surface area contributed by atoms with Crippen molar-refractivity contribution < 1.29 is 19.8 Å². The van der Waals surface area contributed by atoms with Crippen LogP contribution in [0.5, 0.6) is 0 Å². The third kappa shape index (κ3) is 4.31. The molecular formula is C21H27N5O4. The van der Waals surface area contributed by atoms with Crippen molar-refractivity contribution in [1.29, 1.82) is 0 Å². The molecule has 2 fully saturated rings. The lowest BCUT2D eigenvalue weighted by molar-refractivity contribution is 0.0689. The molecule has 2 aliphatic rings. The van der Waals surface area contributed by atoms with Crippen molar-refractivity contribution in [2.75, 3.05) is 44.2 Å². The molecule has 160 valence electrons. The number of rotatable bonds is 4. The van der Waals surface area contributed by atoms with Crippen LogP contribution in [-0.4, -0.2) is 87.2 Å². The van der Waals surface area contributed by atoms with E-state index in [9.17, 15) is 14.7 Å². The number of carboxylic acids is 1.